The molecule has 0 unspecified atom stereocenters. The average Bonchev–Trinajstić information content (AvgIpc) is 2.40. The maximum absolute atomic E-state index is 12.1. The van der Waals surface area contributed by atoms with E-state index < -0.39 is 0 Å². The van der Waals surface area contributed by atoms with E-state index in [2.05, 4.69) is 40.3 Å². The highest BCUT2D eigenvalue weighted by atomic mass is 79.9. The zero-order valence-electron chi connectivity index (χ0n) is 11.7. The number of carbonyl (C=O) groups is 1. The van der Waals surface area contributed by atoms with Gasteiger partial charge in [0.05, 0.1) is 5.56 Å². The molecular formula is C17H18BrNO. The molecule has 0 radical (unpaired) electrons. The molecule has 0 spiro atoms. The van der Waals surface area contributed by atoms with Crippen LogP contribution in [0.1, 0.15) is 27.0 Å². The topological polar surface area (TPSA) is 29.1 Å². The van der Waals surface area contributed by atoms with Crippen LogP contribution in [-0.4, -0.2) is 12.5 Å². The van der Waals surface area contributed by atoms with Crippen molar-refractivity contribution in [2.24, 2.45) is 0 Å². The average molecular weight is 332 g/mol. The van der Waals surface area contributed by atoms with Gasteiger partial charge in [0.15, 0.2) is 0 Å². The molecule has 1 amide bonds. The Labute approximate surface area is 128 Å². The van der Waals surface area contributed by atoms with Gasteiger partial charge in [-0.25, -0.2) is 0 Å². The van der Waals surface area contributed by atoms with Crippen molar-refractivity contribution in [3.05, 3.63) is 69.2 Å². The van der Waals surface area contributed by atoms with Crippen LogP contribution < -0.4 is 5.32 Å². The molecule has 0 saturated heterocycles. The van der Waals surface area contributed by atoms with Gasteiger partial charge >= 0.3 is 0 Å². The Bertz CT molecular complexity index is 622. The Kier molecular flexibility index (Phi) is 4.96. The maximum atomic E-state index is 12.1. The molecule has 2 rings (SSSR count). The molecule has 0 fully saturated rings. The summed E-state index contributed by atoms with van der Waals surface area (Å²) in [7, 11) is 0. The van der Waals surface area contributed by atoms with E-state index in [9.17, 15) is 4.79 Å². The van der Waals surface area contributed by atoms with Crippen molar-refractivity contribution in [3.8, 4) is 0 Å². The fourth-order valence-corrected chi connectivity index (χ4v) is 2.77. The summed E-state index contributed by atoms with van der Waals surface area (Å²) >= 11 is 3.44. The van der Waals surface area contributed by atoms with Gasteiger partial charge < -0.3 is 5.32 Å². The van der Waals surface area contributed by atoms with E-state index in [0.717, 1.165) is 16.5 Å². The molecule has 0 bridgehead atoms. The smallest absolute Gasteiger partial charge is 0.252 e. The standard InChI is InChI=1S/C17H18BrNO/c1-12-7-8-15(16(18)11-12)17(20)19-10-9-14-6-4-3-5-13(14)2/h3-8,11H,9-10H2,1-2H3,(H,19,20). The summed E-state index contributed by atoms with van der Waals surface area (Å²) < 4.78 is 0.839. The van der Waals surface area contributed by atoms with Crippen molar-refractivity contribution < 1.29 is 4.79 Å². The summed E-state index contributed by atoms with van der Waals surface area (Å²) in [6, 6.07) is 14.0. The second-order valence-corrected chi connectivity index (χ2v) is 5.77. The second kappa shape index (κ2) is 6.71. The lowest BCUT2D eigenvalue weighted by Gasteiger charge is -2.09. The third-order valence-electron chi connectivity index (χ3n) is 3.31. The Morgan fingerprint density at radius 1 is 1.15 bits per heavy atom. The van der Waals surface area contributed by atoms with Crippen LogP contribution in [0.4, 0.5) is 0 Å². The zero-order valence-corrected chi connectivity index (χ0v) is 13.3. The van der Waals surface area contributed by atoms with Crippen molar-refractivity contribution in [1.82, 2.24) is 5.32 Å². The van der Waals surface area contributed by atoms with Gasteiger partial charge in [0, 0.05) is 11.0 Å². The van der Waals surface area contributed by atoms with Gasteiger partial charge in [-0.15, -0.1) is 0 Å². The highest BCUT2D eigenvalue weighted by Crippen LogP contribution is 2.18. The molecular weight excluding hydrogens is 314 g/mol. The normalized spacial score (nSPS) is 10.3. The van der Waals surface area contributed by atoms with E-state index in [1.165, 1.54) is 11.1 Å². The highest BCUT2D eigenvalue weighted by Gasteiger charge is 2.09. The molecule has 0 heterocycles. The summed E-state index contributed by atoms with van der Waals surface area (Å²) in [6.45, 7) is 4.74. The highest BCUT2D eigenvalue weighted by molar-refractivity contribution is 9.10. The van der Waals surface area contributed by atoms with Gasteiger partial charge in [-0.3, -0.25) is 4.79 Å². The first-order chi connectivity index (χ1) is 9.58. The predicted molar refractivity (Wildman–Crippen MR) is 86.1 cm³/mol. The number of benzene rings is 2. The minimum Gasteiger partial charge on any atom is -0.352 e. The van der Waals surface area contributed by atoms with E-state index in [1.807, 2.05) is 37.3 Å². The minimum atomic E-state index is -0.0366. The van der Waals surface area contributed by atoms with Gasteiger partial charge in [0.25, 0.3) is 5.91 Å². The first-order valence-corrected chi connectivity index (χ1v) is 7.46. The van der Waals surface area contributed by atoms with E-state index in [4.69, 9.17) is 0 Å². The number of nitrogens with one attached hydrogen (secondary N) is 1. The number of hydrogen-bond donors (Lipinski definition) is 1. The lowest BCUT2D eigenvalue weighted by Crippen LogP contribution is -2.26. The fraction of sp³-hybridized carbons (Fsp3) is 0.235. The van der Waals surface area contributed by atoms with Crippen LogP contribution in [0.25, 0.3) is 0 Å². The molecule has 2 nitrogen and oxygen atoms in total. The van der Waals surface area contributed by atoms with Crippen molar-refractivity contribution >= 4 is 21.8 Å². The van der Waals surface area contributed by atoms with Gasteiger partial charge in [-0.2, -0.15) is 0 Å². The molecule has 2 aromatic carbocycles. The van der Waals surface area contributed by atoms with Crippen LogP contribution >= 0.6 is 15.9 Å². The molecule has 0 atom stereocenters. The van der Waals surface area contributed by atoms with Crippen LogP contribution in [0.15, 0.2) is 46.9 Å². The van der Waals surface area contributed by atoms with Gasteiger partial charge in [-0.1, -0.05) is 30.3 Å². The fourth-order valence-electron chi connectivity index (χ4n) is 2.10. The quantitative estimate of drug-likeness (QED) is 0.900. The van der Waals surface area contributed by atoms with Crippen molar-refractivity contribution in [2.75, 3.05) is 6.54 Å². The molecule has 0 aliphatic heterocycles. The van der Waals surface area contributed by atoms with Crippen molar-refractivity contribution in [3.63, 3.8) is 0 Å². The van der Waals surface area contributed by atoms with Crippen LogP contribution in [0.3, 0.4) is 0 Å². The Balaban J connectivity index is 1.94. The molecule has 20 heavy (non-hydrogen) atoms. The molecule has 0 aliphatic carbocycles. The minimum absolute atomic E-state index is 0.0366. The third-order valence-corrected chi connectivity index (χ3v) is 3.97. The Morgan fingerprint density at radius 2 is 1.90 bits per heavy atom. The molecule has 3 heteroatoms. The number of carbonyl (C=O) groups excluding carboxylic acids is 1. The SMILES string of the molecule is Cc1ccc(C(=O)NCCc2ccccc2C)c(Br)c1. The number of halogens is 1. The predicted octanol–water partition coefficient (Wildman–Crippen LogP) is 4.04. The molecule has 0 aromatic heterocycles. The lowest BCUT2D eigenvalue weighted by molar-refractivity contribution is 0.0953. The Hall–Kier alpha value is -1.61. The zero-order chi connectivity index (χ0) is 14.5. The summed E-state index contributed by atoms with van der Waals surface area (Å²) in [5, 5.41) is 2.97. The van der Waals surface area contributed by atoms with E-state index in [0.29, 0.717) is 12.1 Å². The third kappa shape index (κ3) is 3.70. The first-order valence-electron chi connectivity index (χ1n) is 6.67. The van der Waals surface area contributed by atoms with Crippen LogP contribution in [0.2, 0.25) is 0 Å². The van der Waals surface area contributed by atoms with E-state index in [-0.39, 0.29) is 5.91 Å². The largest absolute Gasteiger partial charge is 0.352 e. The van der Waals surface area contributed by atoms with Crippen LogP contribution in [-0.2, 0) is 6.42 Å². The first kappa shape index (κ1) is 14.8. The second-order valence-electron chi connectivity index (χ2n) is 4.92. The molecule has 1 N–H and O–H groups in total. The van der Waals surface area contributed by atoms with Crippen molar-refractivity contribution in [2.45, 2.75) is 20.3 Å². The number of rotatable bonds is 4. The molecule has 104 valence electrons. The summed E-state index contributed by atoms with van der Waals surface area (Å²) in [6.07, 6.45) is 0.849. The molecule has 2 aromatic rings. The van der Waals surface area contributed by atoms with Crippen molar-refractivity contribution in [1.29, 1.82) is 0 Å². The monoisotopic (exact) mass is 331 g/mol. The van der Waals surface area contributed by atoms with Gasteiger partial charge in [0.1, 0.15) is 0 Å². The summed E-state index contributed by atoms with van der Waals surface area (Å²) in [4.78, 5) is 12.1. The van der Waals surface area contributed by atoms with Crippen LogP contribution in [0, 0.1) is 13.8 Å². The van der Waals surface area contributed by atoms with E-state index >= 15 is 0 Å². The summed E-state index contributed by atoms with van der Waals surface area (Å²) in [5.41, 5.74) is 4.35. The van der Waals surface area contributed by atoms with Crippen LogP contribution in [0.5, 0.6) is 0 Å². The molecule has 0 aliphatic rings. The summed E-state index contributed by atoms with van der Waals surface area (Å²) in [5.74, 6) is -0.0366. The van der Waals surface area contributed by atoms with Gasteiger partial charge in [0.2, 0.25) is 0 Å². The lowest BCUT2D eigenvalue weighted by atomic mass is 10.1. The maximum Gasteiger partial charge on any atom is 0.252 e. The Morgan fingerprint density at radius 3 is 2.60 bits per heavy atom. The number of hydrogen-bond acceptors (Lipinski definition) is 1. The van der Waals surface area contributed by atoms with E-state index in [1.54, 1.807) is 0 Å². The number of aryl methyl sites for hydroxylation is 2. The molecule has 0 saturated carbocycles. The number of amides is 1. The van der Waals surface area contributed by atoms with Gasteiger partial charge in [-0.05, 0) is 65.0 Å².